The molecule has 4 nitrogen and oxygen atoms in total. The lowest BCUT2D eigenvalue weighted by atomic mass is 10.1. The van der Waals surface area contributed by atoms with Crippen molar-refractivity contribution in [1.82, 2.24) is 4.90 Å². The molecule has 0 saturated carbocycles. The minimum Gasteiger partial charge on any atom is -0.480 e. The Bertz CT molecular complexity index is 458. The Labute approximate surface area is 133 Å². The molecule has 112 valence electrons. The van der Waals surface area contributed by atoms with Crippen LogP contribution < -0.4 is 0 Å². The smallest absolute Gasteiger partial charge is 0.320 e. The number of halogens is 2. The summed E-state index contributed by atoms with van der Waals surface area (Å²) in [6.45, 7) is 3.78. The van der Waals surface area contributed by atoms with Gasteiger partial charge in [-0.3, -0.25) is 9.69 Å². The summed E-state index contributed by atoms with van der Waals surface area (Å²) in [6, 6.07) is 7.56. The number of nitrogens with zero attached hydrogens (tertiary/aromatic N) is 1. The Balaban J connectivity index is 0.00000200. The average molecular weight is 365 g/mol. The summed E-state index contributed by atoms with van der Waals surface area (Å²) in [5.74, 6) is -0.752. The Morgan fingerprint density at radius 1 is 1.60 bits per heavy atom. The van der Waals surface area contributed by atoms with E-state index in [1.807, 2.05) is 36.1 Å². The van der Waals surface area contributed by atoms with E-state index in [2.05, 4.69) is 15.9 Å². The molecule has 2 rings (SSSR count). The predicted octanol–water partition coefficient (Wildman–Crippen LogP) is 3.11. The van der Waals surface area contributed by atoms with E-state index in [0.717, 1.165) is 10.0 Å². The number of hydrogen-bond acceptors (Lipinski definition) is 3. The van der Waals surface area contributed by atoms with Crippen LogP contribution in [0.1, 0.15) is 25.0 Å². The van der Waals surface area contributed by atoms with Crippen LogP contribution in [0.3, 0.4) is 0 Å². The van der Waals surface area contributed by atoms with E-state index < -0.39 is 12.0 Å². The van der Waals surface area contributed by atoms with Crippen molar-refractivity contribution in [2.75, 3.05) is 19.7 Å². The molecular formula is C14H19BrClNO3. The van der Waals surface area contributed by atoms with Gasteiger partial charge in [-0.05, 0) is 24.1 Å². The zero-order valence-corrected chi connectivity index (χ0v) is 13.7. The molecule has 0 amide bonds. The van der Waals surface area contributed by atoms with E-state index in [-0.39, 0.29) is 18.5 Å². The van der Waals surface area contributed by atoms with Crippen molar-refractivity contribution in [3.63, 3.8) is 0 Å². The number of rotatable bonds is 4. The van der Waals surface area contributed by atoms with E-state index in [1.165, 1.54) is 0 Å². The van der Waals surface area contributed by atoms with Crippen molar-refractivity contribution in [1.29, 1.82) is 0 Å². The van der Waals surface area contributed by atoms with Crippen LogP contribution in [-0.2, 0) is 9.53 Å². The number of ether oxygens (including phenoxy) is 1. The number of morpholine rings is 1. The zero-order chi connectivity index (χ0) is 13.8. The third-order valence-corrected chi connectivity index (χ3v) is 3.92. The summed E-state index contributed by atoms with van der Waals surface area (Å²) < 4.78 is 6.78. The Morgan fingerprint density at radius 2 is 2.35 bits per heavy atom. The third-order valence-electron chi connectivity index (χ3n) is 3.43. The van der Waals surface area contributed by atoms with Crippen molar-refractivity contribution in [3.05, 3.63) is 34.3 Å². The fourth-order valence-electron chi connectivity index (χ4n) is 2.45. The van der Waals surface area contributed by atoms with Crippen molar-refractivity contribution in [3.8, 4) is 0 Å². The summed E-state index contributed by atoms with van der Waals surface area (Å²) in [4.78, 5) is 13.2. The molecule has 1 aliphatic rings. The maximum absolute atomic E-state index is 11.2. The highest BCUT2D eigenvalue weighted by atomic mass is 79.9. The van der Waals surface area contributed by atoms with Crippen LogP contribution >= 0.6 is 28.3 Å². The lowest BCUT2D eigenvalue weighted by Crippen LogP contribution is -2.48. The van der Waals surface area contributed by atoms with Gasteiger partial charge in [-0.1, -0.05) is 35.0 Å². The van der Waals surface area contributed by atoms with Crippen LogP contribution in [0.5, 0.6) is 0 Å². The number of benzene rings is 1. The van der Waals surface area contributed by atoms with Crippen LogP contribution in [-0.4, -0.2) is 41.7 Å². The third kappa shape index (κ3) is 4.19. The first-order chi connectivity index (χ1) is 9.11. The molecule has 20 heavy (non-hydrogen) atoms. The Morgan fingerprint density at radius 3 is 2.95 bits per heavy atom. The minimum atomic E-state index is -0.752. The molecule has 2 unspecified atom stereocenters. The number of carboxylic acids is 1. The lowest BCUT2D eigenvalue weighted by Gasteiger charge is -2.36. The van der Waals surface area contributed by atoms with Crippen LogP contribution in [0.25, 0.3) is 0 Å². The summed E-state index contributed by atoms with van der Waals surface area (Å²) in [5, 5.41) is 9.24. The molecule has 0 spiro atoms. The molecule has 1 N–H and O–H groups in total. The van der Waals surface area contributed by atoms with Gasteiger partial charge in [0.05, 0.1) is 12.7 Å². The topological polar surface area (TPSA) is 49.8 Å². The van der Waals surface area contributed by atoms with Gasteiger partial charge in [0.25, 0.3) is 0 Å². The first-order valence-corrected chi connectivity index (χ1v) is 7.25. The molecule has 1 aromatic rings. The summed E-state index contributed by atoms with van der Waals surface area (Å²) in [5.41, 5.74) is 1.08. The summed E-state index contributed by atoms with van der Waals surface area (Å²) >= 11 is 3.45. The largest absolute Gasteiger partial charge is 0.480 e. The van der Waals surface area contributed by atoms with E-state index in [1.54, 1.807) is 0 Å². The van der Waals surface area contributed by atoms with Crippen molar-refractivity contribution in [2.45, 2.75) is 25.5 Å². The zero-order valence-electron chi connectivity index (χ0n) is 11.3. The van der Waals surface area contributed by atoms with Gasteiger partial charge in [0.15, 0.2) is 0 Å². The van der Waals surface area contributed by atoms with Gasteiger partial charge >= 0.3 is 5.97 Å². The molecule has 0 bridgehead atoms. The second-order valence-electron chi connectivity index (χ2n) is 4.67. The van der Waals surface area contributed by atoms with Gasteiger partial charge in [-0.15, -0.1) is 12.4 Å². The number of hydrogen-bond donors (Lipinski definition) is 1. The number of aliphatic carboxylic acids is 1. The maximum atomic E-state index is 11.2. The van der Waals surface area contributed by atoms with Crippen molar-refractivity contribution >= 4 is 34.3 Å². The van der Waals surface area contributed by atoms with E-state index in [9.17, 15) is 9.90 Å². The van der Waals surface area contributed by atoms with Gasteiger partial charge in [0, 0.05) is 17.6 Å². The molecule has 0 radical (unpaired) electrons. The normalized spacial score (nSPS) is 21.0. The fourth-order valence-corrected chi connectivity index (χ4v) is 2.87. The number of carboxylic acid groups (broad SMARTS) is 1. The molecule has 2 atom stereocenters. The number of carbonyl (C=O) groups is 1. The molecule has 0 aliphatic carbocycles. The van der Waals surface area contributed by atoms with Gasteiger partial charge in [-0.25, -0.2) is 0 Å². The SMILES string of the molecule is CCC(C(=O)O)N1CCOC(c2cccc(Br)c2)C1.Cl. The molecule has 0 aromatic heterocycles. The highest BCUT2D eigenvalue weighted by Crippen LogP contribution is 2.26. The van der Waals surface area contributed by atoms with Crippen molar-refractivity contribution in [2.24, 2.45) is 0 Å². The molecule has 1 heterocycles. The van der Waals surface area contributed by atoms with Gasteiger partial charge in [-0.2, -0.15) is 0 Å². The summed E-state index contributed by atoms with van der Waals surface area (Å²) in [6.07, 6.45) is 0.556. The first kappa shape index (κ1) is 17.4. The predicted molar refractivity (Wildman–Crippen MR) is 83.4 cm³/mol. The first-order valence-electron chi connectivity index (χ1n) is 6.45. The highest BCUT2D eigenvalue weighted by molar-refractivity contribution is 9.10. The molecule has 1 aromatic carbocycles. The Hall–Kier alpha value is -0.620. The maximum Gasteiger partial charge on any atom is 0.320 e. The Kier molecular flexibility index (Phi) is 6.95. The molecular weight excluding hydrogens is 346 g/mol. The lowest BCUT2D eigenvalue weighted by molar-refractivity contribution is -0.147. The van der Waals surface area contributed by atoms with Crippen LogP contribution in [0.15, 0.2) is 28.7 Å². The molecule has 1 fully saturated rings. The van der Waals surface area contributed by atoms with Gasteiger partial charge in [0.2, 0.25) is 0 Å². The molecule has 6 heteroatoms. The molecule has 1 saturated heterocycles. The second-order valence-corrected chi connectivity index (χ2v) is 5.59. The second kappa shape index (κ2) is 7.98. The van der Waals surface area contributed by atoms with E-state index in [4.69, 9.17) is 4.74 Å². The molecule has 1 aliphatic heterocycles. The average Bonchev–Trinajstić information content (AvgIpc) is 2.39. The van der Waals surface area contributed by atoms with E-state index in [0.29, 0.717) is 26.1 Å². The van der Waals surface area contributed by atoms with Crippen LogP contribution in [0.4, 0.5) is 0 Å². The monoisotopic (exact) mass is 363 g/mol. The standard InChI is InChI=1S/C14H18BrNO3.ClH/c1-2-12(14(17)18)16-6-7-19-13(9-16)10-4-3-5-11(15)8-10;/h3-5,8,12-13H,2,6-7,9H2,1H3,(H,17,18);1H. The highest BCUT2D eigenvalue weighted by Gasteiger charge is 2.30. The van der Waals surface area contributed by atoms with Crippen LogP contribution in [0, 0.1) is 0 Å². The van der Waals surface area contributed by atoms with Gasteiger partial charge in [0.1, 0.15) is 6.04 Å². The summed E-state index contributed by atoms with van der Waals surface area (Å²) in [7, 11) is 0. The minimum absolute atomic E-state index is 0. The quantitative estimate of drug-likeness (QED) is 0.892. The van der Waals surface area contributed by atoms with Crippen LogP contribution in [0.2, 0.25) is 0 Å². The van der Waals surface area contributed by atoms with Gasteiger partial charge < -0.3 is 9.84 Å². The van der Waals surface area contributed by atoms with E-state index >= 15 is 0 Å². The fraction of sp³-hybridized carbons (Fsp3) is 0.500. The van der Waals surface area contributed by atoms with Crippen molar-refractivity contribution < 1.29 is 14.6 Å².